The van der Waals surface area contributed by atoms with Gasteiger partial charge in [0.15, 0.2) is 11.5 Å². The molecule has 1 aromatic rings. The third kappa shape index (κ3) is 4.90. The van der Waals surface area contributed by atoms with Gasteiger partial charge in [0, 0.05) is 12.6 Å². The zero-order valence-electron chi connectivity index (χ0n) is 16.2. The second-order valence-corrected chi connectivity index (χ2v) is 7.31. The molecule has 2 N–H and O–H groups in total. The summed E-state index contributed by atoms with van der Waals surface area (Å²) in [6, 6.07) is 5.65. The molecule has 144 valence electrons. The van der Waals surface area contributed by atoms with Crippen LogP contribution in [0.4, 0.5) is 0 Å². The van der Waals surface area contributed by atoms with E-state index in [1.807, 2.05) is 12.1 Å². The van der Waals surface area contributed by atoms with Crippen LogP contribution >= 0.6 is 0 Å². The van der Waals surface area contributed by atoms with Crippen LogP contribution in [0.25, 0.3) is 0 Å². The Bertz CT molecular complexity index is 637. The summed E-state index contributed by atoms with van der Waals surface area (Å²) in [4.78, 5) is 25.1. The van der Waals surface area contributed by atoms with Gasteiger partial charge in [-0.15, -0.1) is 0 Å². The molecule has 0 aliphatic heterocycles. The van der Waals surface area contributed by atoms with Crippen LogP contribution in [0.5, 0.6) is 11.5 Å². The third-order valence-electron chi connectivity index (χ3n) is 4.98. The van der Waals surface area contributed by atoms with Crippen LogP contribution in [0.15, 0.2) is 18.2 Å². The van der Waals surface area contributed by atoms with Crippen molar-refractivity contribution in [3.63, 3.8) is 0 Å². The van der Waals surface area contributed by atoms with E-state index in [0.29, 0.717) is 18.0 Å². The Hall–Kier alpha value is -2.24. The first kappa shape index (κ1) is 20.1. The van der Waals surface area contributed by atoms with E-state index in [2.05, 4.69) is 10.6 Å². The summed E-state index contributed by atoms with van der Waals surface area (Å²) >= 11 is 0. The predicted molar refractivity (Wildman–Crippen MR) is 100 cm³/mol. The largest absolute Gasteiger partial charge is 0.493 e. The number of carbonyl (C=O) groups excluding carboxylic acids is 2. The molecule has 1 saturated carbocycles. The Morgan fingerprint density at radius 2 is 1.69 bits per heavy atom. The Balaban J connectivity index is 1.93. The first-order valence-electron chi connectivity index (χ1n) is 9.18. The number of benzene rings is 1. The molecule has 6 heteroatoms. The maximum atomic E-state index is 12.6. The summed E-state index contributed by atoms with van der Waals surface area (Å²) in [6.07, 6.45) is 5.49. The SMILES string of the molecule is COc1ccc(CNC(=O)C(C)(C)C(=O)NC2CCCCC2)cc1OC. The van der Waals surface area contributed by atoms with Gasteiger partial charge >= 0.3 is 0 Å². The topological polar surface area (TPSA) is 76.7 Å². The van der Waals surface area contributed by atoms with E-state index in [-0.39, 0.29) is 17.9 Å². The van der Waals surface area contributed by atoms with E-state index in [1.54, 1.807) is 34.1 Å². The monoisotopic (exact) mass is 362 g/mol. The number of carbonyl (C=O) groups is 2. The smallest absolute Gasteiger partial charge is 0.235 e. The number of hydrogen-bond donors (Lipinski definition) is 2. The average molecular weight is 362 g/mol. The van der Waals surface area contributed by atoms with Crippen molar-refractivity contribution < 1.29 is 19.1 Å². The molecule has 1 aliphatic carbocycles. The fourth-order valence-electron chi connectivity index (χ4n) is 3.11. The number of nitrogens with one attached hydrogen (secondary N) is 2. The lowest BCUT2D eigenvalue weighted by molar-refractivity contribution is -0.142. The highest BCUT2D eigenvalue weighted by molar-refractivity contribution is 6.04. The standard InChI is InChI=1S/C20H30N2O4/c1-20(2,19(24)22-15-8-6-5-7-9-15)18(23)21-13-14-10-11-16(25-3)17(12-14)26-4/h10-12,15H,5-9,13H2,1-4H3,(H,21,23)(H,22,24). The van der Waals surface area contributed by atoms with E-state index in [1.165, 1.54) is 6.42 Å². The Morgan fingerprint density at radius 1 is 1.04 bits per heavy atom. The van der Waals surface area contributed by atoms with Gasteiger partial charge in [0.2, 0.25) is 11.8 Å². The van der Waals surface area contributed by atoms with Crippen LogP contribution in [-0.2, 0) is 16.1 Å². The summed E-state index contributed by atoms with van der Waals surface area (Å²) in [6.45, 7) is 3.64. The van der Waals surface area contributed by atoms with Gasteiger partial charge in [-0.3, -0.25) is 9.59 Å². The highest BCUT2D eigenvalue weighted by atomic mass is 16.5. The van der Waals surface area contributed by atoms with Gasteiger partial charge < -0.3 is 20.1 Å². The minimum absolute atomic E-state index is 0.189. The van der Waals surface area contributed by atoms with Crippen LogP contribution in [0.3, 0.4) is 0 Å². The molecule has 0 spiro atoms. The molecule has 0 bridgehead atoms. The van der Waals surface area contributed by atoms with Crippen LogP contribution < -0.4 is 20.1 Å². The summed E-state index contributed by atoms with van der Waals surface area (Å²) < 4.78 is 10.5. The van der Waals surface area contributed by atoms with Gasteiger partial charge in [0.05, 0.1) is 14.2 Å². The number of amides is 2. The van der Waals surface area contributed by atoms with E-state index >= 15 is 0 Å². The zero-order chi connectivity index (χ0) is 19.2. The van der Waals surface area contributed by atoms with Crippen molar-refractivity contribution in [2.45, 2.75) is 58.5 Å². The molecule has 2 amide bonds. The van der Waals surface area contributed by atoms with Crippen molar-refractivity contribution >= 4 is 11.8 Å². The van der Waals surface area contributed by atoms with Gasteiger partial charge in [-0.25, -0.2) is 0 Å². The fraction of sp³-hybridized carbons (Fsp3) is 0.600. The summed E-state index contributed by atoms with van der Waals surface area (Å²) in [5.74, 6) is 0.734. The van der Waals surface area contributed by atoms with E-state index in [4.69, 9.17) is 9.47 Å². The zero-order valence-corrected chi connectivity index (χ0v) is 16.2. The molecule has 26 heavy (non-hydrogen) atoms. The molecule has 1 aliphatic rings. The molecule has 0 saturated heterocycles. The second-order valence-electron chi connectivity index (χ2n) is 7.31. The maximum absolute atomic E-state index is 12.6. The summed E-state index contributed by atoms with van der Waals surface area (Å²) in [5, 5.41) is 5.89. The molecule has 0 aromatic heterocycles. The average Bonchev–Trinajstić information content (AvgIpc) is 2.66. The van der Waals surface area contributed by atoms with Crippen molar-refractivity contribution in [1.82, 2.24) is 10.6 Å². The highest BCUT2D eigenvalue weighted by Gasteiger charge is 2.37. The molecule has 0 heterocycles. The highest BCUT2D eigenvalue weighted by Crippen LogP contribution is 2.27. The van der Waals surface area contributed by atoms with Crippen LogP contribution in [-0.4, -0.2) is 32.1 Å². The van der Waals surface area contributed by atoms with Crippen molar-refractivity contribution in [2.75, 3.05) is 14.2 Å². The number of rotatable bonds is 7. The van der Waals surface area contributed by atoms with Crippen molar-refractivity contribution in [3.8, 4) is 11.5 Å². The number of ether oxygens (including phenoxy) is 2. The molecule has 0 atom stereocenters. The Kier molecular flexibility index (Phi) is 6.89. The first-order valence-corrected chi connectivity index (χ1v) is 9.18. The van der Waals surface area contributed by atoms with Crippen LogP contribution in [0.2, 0.25) is 0 Å². The first-order chi connectivity index (χ1) is 12.4. The van der Waals surface area contributed by atoms with E-state index < -0.39 is 5.41 Å². The van der Waals surface area contributed by atoms with Gasteiger partial charge in [0.25, 0.3) is 0 Å². The fourth-order valence-corrected chi connectivity index (χ4v) is 3.11. The lowest BCUT2D eigenvalue weighted by Crippen LogP contribution is -2.50. The van der Waals surface area contributed by atoms with E-state index in [0.717, 1.165) is 31.2 Å². The number of methoxy groups -OCH3 is 2. The molecule has 6 nitrogen and oxygen atoms in total. The normalized spacial score (nSPS) is 15.2. The lowest BCUT2D eigenvalue weighted by Gasteiger charge is -2.28. The minimum atomic E-state index is -1.12. The van der Waals surface area contributed by atoms with E-state index in [9.17, 15) is 9.59 Å². The molecule has 1 fully saturated rings. The molecule has 1 aromatic carbocycles. The van der Waals surface area contributed by atoms with Gasteiger partial charge in [-0.2, -0.15) is 0 Å². The van der Waals surface area contributed by atoms with Crippen LogP contribution in [0.1, 0.15) is 51.5 Å². The van der Waals surface area contributed by atoms with Crippen LogP contribution in [0, 0.1) is 5.41 Å². The minimum Gasteiger partial charge on any atom is -0.493 e. The molecular formula is C20H30N2O4. The molecule has 0 radical (unpaired) electrons. The predicted octanol–water partition coefficient (Wildman–Crippen LogP) is 2.80. The van der Waals surface area contributed by atoms with Crippen molar-refractivity contribution in [1.29, 1.82) is 0 Å². The maximum Gasteiger partial charge on any atom is 0.235 e. The lowest BCUT2D eigenvalue weighted by atomic mass is 9.89. The van der Waals surface area contributed by atoms with Gasteiger partial charge in [-0.05, 0) is 44.4 Å². The summed E-state index contributed by atoms with van der Waals surface area (Å²) in [7, 11) is 3.14. The quantitative estimate of drug-likeness (QED) is 0.731. The van der Waals surface area contributed by atoms with Gasteiger partial charge in [0.1, 0.15) is 5.41 Å². The molecular weight excluding hydrogens is 332 g/mol. The van der Waals surface area contributed by atoms with Gasteiger partial charge in [-0.1, -0.05) is 25.3 Å². The number of hydrogen-bond acceptors (Lipinski definition) is 4. The summed E-state index contributed by atoms with van der Waals surface area (Å²) in [5.41, 5.74) is -0.243. The molecule has 0 unspecified atom stereocenters. The Labute approximate surface area is 155 Å². The second kappa shape index (κ2) is 8.92. The molecule has 2 rings (SSSR count). The van der Waals surface area contributed by atoms with Crippen molar-refractivity contribution in [3.05, 3.63) is 23.8 Å². The third-order valence-corrected chi connectivity index (χ3v) is 4.98. The van der Waals surface area contributed by atoms with Crippen molar-refractivity contribution in [2.24, 2.45) is 5.41 Å². The Morgan fingerprint density at radius 3 is 2.31 bits per heavy atom.